The van der Waals surface area contributed by atoms with Crippen molar-refractivity contribution >= 4 is 16.8 Å². The predicted molar refractivity (Wildman–Crippen MR) is 53.9 cm³/mol. The van der Waals surface area contributed by atoms with Crippen LogP contribution in [0.25, 0.3) is 0 Å². The first-order valence-electron chi connectivity index (χ1n) is 4.39. The number of carbonyl (C=O) groups excluding carboxylic acids is 1. The number of methoxy groups -OCH3 is 1. The van der Waals surface area contributed by atoms with E-state index in [0.29, 0.717) is 0 Å². The van der Waals surface area contributed by atoms with Crippen molar-refractivity contribution in [2.75, 3.05) is 7.11 Å². The number of esters is 1. The Morgan fingerprint density at radius 3 is 2.00 bits per heavy atom. The van der Waals surface area contributed by atoms with Gasteiger partial charge in [-0.15, -0.1) is 0 Å². The maximum absolute atomic E-state index is 11.6. The van der Waals surface area contributed by atoms with Crippen LogP contribution in [0.1, 0.15) is 27.7 Å². The lowest BCUT2D eigenvalue weighted by molar-refractivity contribution is -0.144. The molecule has 0 amide bonds. The Labute approximate surface area is 82.3 Å². The molecule has 4 heteroatoms. The van der Waals surface area contributed by atoms with Gasteiger partial charge in [-0.05, 0) is 6.92 Å². The van der Waals surface area contributed by atoms with Gasteiger partial charge in [-0.25, -0.2) is 0 Å². The molecule has 0 aromatic carbocycles. The monoisotopic (exact) mass is 206 g/mol. The van der Waals surface area contributed by atoms with Gasteiger partial charge in [-0.3, -0.25) is 9.00 Å². The second-order valence-corrected chi connectivity index (χ2v) is 5.74. The van der Waals surface area contributed by atoms with E-state index in [1.165, 1.54) is 7.11 Å². The van der Waals surface area contributed by atoms with E-state index < -0.39 is 10.8 Å². The van der Waals surface area contributed by atoms with Crippen LogP contribution in [0.3, 0.4) is 0 Å². The minimum Gasteiger partial charge on any atom is -0.469 e. The molecular formula is C9H18O3S. The largest absolute Gasteiger partial charge is 0.469 e. The maximum atomic E-state index is 11.6. The summed E-state index contributed by atoms with van der Waals surface area (Å²) < 4.78 is 16.2. The van der Waals surface area contributed by atoms with Crippen molar-refractivity contribution in [3.05, 3.63) is 0 Å². The molecule has 0 aliphatic carbocycles. The lowest BCUT2D eigenvalue weighted by atomic mass is 10.1. The van der Waals surface area contributed by atoms with E-state index in [1.807, 2.05) is 20.8 Å². The molecule has 0 rings (SSSR count). The van der Waals surface area contributed by atoms with Crippen molar-refractivity contribution < 1.29 is 13.7 Å². The summed E-state index contributed by atoms with van der Waals surface area (Å²) in [7, 11) is 0.381. The van der Waals surface area contributed by atoms with E-state index in [2.05, 4.69) is 4.74 Å². The van der Waals surface area contributed by atoms with Crippen LogP contribution in [0.2, 0.25) is 0 Å². The highest BCUT2D eigenvalue weighted by Crippen LogP contribution is 2.14. The molecule has 0 saturated carbocycles. The van der Waals surface area contributed by atoms with Gasteiger partial charge in [0.25, 0.3) is 0 Å². The Bertz CT molecular complexity index is 201. The molecule has 0 saturated heterocycles. The lowest BCUT2D eigenvalue weighted by Gasteiger charge is -2.19. The van der Waals surface area contributed by atoms with Gasteiger partial charge >= 0.3 is 5.97 Å². The average Bonchev–Trinajstić information content (AvgIpc) is 2.12. The van der Waals surface area contributed by atoms with Gasteiger partial charge in [-0.2, -0.15) is 0 Å². The van der Waals surface area contributed by atoms with Gasteiger partial charge in [0.15, 0.2) is 0 Å². The van der Waals surface area contributed by atoms with Crippen LogP contribution in [0, 0.1) is 5.92 Å². The first-order valence-corrected chi connectivity index (χ1v) is 5.66. The van der Waals surface area contributed by atoms with E-state index in [-0.39, 0.29) is 22.4 Å². The third kappa shape index (κ3) is 3.46. The molecule has 0 N–H and O–H groups in total. The smallest absolute Gasteiger partial charge is 0.309 e. The van der Waals surface area contributed by atoms with E-state index in [1.54, 1.807) is 6.92 Å². The van der Waals surface area contributed by atoms with Crippen molar-refractivity contribution in [3.8, 4) is 0 Å². The Hall–Kier alpha value is -0.380. The zero-order valence-corrected chi connectivity index (χ0v) is 9.68. The topological polar surface area (TPSA) is 43.4 Å². The normalized spacial score (nSPS) is 18.0. The Kier molecular flexibility index (Phi) is 5.21. The molecule has 0 aromatic heterocycles. The van der Waals surface area contributed by atoms with Crippen molar-refractivity contribution in [2.45, 2.75) is 38.2 Å². The number of rotatable bonds is 4. The number of hydrogen-bond donors (Lipinski definition) is 0. The van der Waals surface area contributed by atoms with Crippen LogP contribution in [0.5, 0.6) is 0 Å². The molecule has 0 aromatic rings. The Morgan fingerprint density at radius 1 is 1.23 bits per heavy atom. The fourth-order valence-corrected chi connectivity index (χ4v) is 2.38. The molecular weight excluding hydrogens is 188 g/mol. The standard InChI is InChI=1S/C9H18O3S/c1-6(2)13(11)8(4)7(3)9(10)12-5/h6-8H,1-5H3. The minimum atomic E-state index is -0.970. The number of ether oxygens (including phenoxy) is 1. The summed E-state index contributed by atoms with van der Waals surface area (Å²) in [5.41, 5.74) is 0. The quantitative estimate of drug-likeness (QED) is 0.652. The van der Waals surface area contributed by atoms with E-state index in [4.69, 9.17) is 0 Å². The summed E-state index contributed by atoms with van der Waals surface area (Å²) in [5.74, 6) is -0.588. The summed E-state index contributed by atoms with van der Waals surface area (Å²) >= 11 is 0. The van der Waals surface area contributed by atoms with Crippen molar-refractivity contribution in [2.24, 2.45) is 5.92 Å². The molecule has 0 bridgehead atoms. The maximum Gasteiger partial charge on any atom is 0.309 e. The highest BCUT2D eigenvalue weighted by molar-refractivity contribution is 7.86. The Balaban J connectivity index is 4.33. The fourth-order valence-electron chi connectivity index (χ4n) is 1.01. The van der Waals surface area contributed by atoms with Gasteiger partial charge in [-0.1, -0.05) is 20.8 Å². The predicted octanol–water partition coefficient (Wildman–Crippen LogP) is 1.34. The summed E-state index contributed by atoms with van der Waals surface area (Å²) in [6.07, 6.45) is 0. The second kappa shape index (κ2) is 5.37. The van der Waals surface area contributed by atoms with Crippen LogP contribution >= 0.6 is 0 Å². The molecule has 0 aliphatic heterocycles. The van der Waals surface area contributed by atoms with Crippen molar-refractivity contribution in [1.82, 2.24) is 0 Å². The lowest BCUT2D eigenvalue weighted by Crippen LogP contribution is -2.31. The zero-order valence-electron chi connectivity index (χ0n) is 8.87. The third-order valence-corrected chi connectivity index (χ3v) is 4.18. The van der Waals surface area contributed by atoms with Gasteiger partial charge in [0.2, 0.25) is 0 Å². The van der Waals surface area contributed by atoms with Crippen LogP contribution in [0.4, 0.5) is 0 Å². The van der Waals surface area contributed by atoms with E-state index in [9.17, 15) is 9.00 Å². The van der Waals surface area contributed by atoms with Gasteiger partial charge < -0.3 is 4.74 Å². The van der Waals surface area contributed by atoms with Crippen LogP contribution in [-0.4, -0.2) is 27.8 Å². The van der Waals surface area contributed by atoms with Crippen LogP contribution in [-0.2, 0) is 20.3 Å². The molecule has 0 aliphatic rings. The van der Waals surface area contributed by atoms with Gasteiger partial charge in [0, 0.05) is 21.3 Å². The van der Waals surface area contributed by atoms with Crippen molar-refractivity contribution in [1.29, 1.82) is 0 Å². The highest BCUT2D eigenvalue weighted by Gasteiger charge is 2.26. The molecule has 0 heterocycles. The van der Waals surface area contributed by atoms with Gasteiger partial charge in [0.1, 0.15) is 0 Å². The highest BCUT2D eigenvalue weighted by atomic mass is 32.2. The van der Waals surface area contributed by atoms with Gasteiger partial charge in [0.05, 0.1) is 13.0 Å². The molecule has 3 atom stereocenters. The van der Waals surface area contributed by atoms with Crippen LogP contribution < -0.4 is 0 Å². The van der Waals surface area contributed by atoms with Crippen LogP contribution in [0.15, 0.2) is 0 Å². The summed E-state index contributed by atoms with van der Waals surface area (Å²) in [6, 6.07) is 0. The molecule has 13 heavy (non-hydrogen) atoms. The summed E-state index contributed by atoms with van der Waals surface area (Å²) in [5, 5.41) is -0.0606. The first-order chi connectivity index (χ1) is 5.91. The molecule has 78 valence electrons. The third-order valence-electron chi connectivity index (χ3n) is 2.11. The minimum absolute atomic E-state index is 0.0853. The summed E-state index contributed by atoms with van der Waals surface area (Å²) in [6.45, 7) is 7.34. The molecule has 0 spiro atoms. The van der Waals surface area contributed by atoms with E-state index in [0.717, 1.165) is 0 Å². The van der Waals surface area contributed by atoms with Crippen molar-refractivity contribution in [3.63, 3.8) is 0 Å². The molecule has 0 fully saturated rings. The zero-order chi connectivity index (χ0) is 10.6. The molecule has 3 nitrogen and oxygen atoms in total. The first kappa shape index (κ1) is 12.6. The number of hydrogen-bond acceptors (Lipinski definition) is 3. The Morgan fingerprint density at radius 2 is 1.69 bits per heavy atom. The molecule has 0 radical (unpaired) electrons. The summed E-state index contributed by atoms with van der Waals surface area (Å²) in [4.78, 5) is 11.1. The average molecular weight is 206 g/mol. The fraction of sp³-hybridized carbons (Fsp3) is 0.889. The molecule has 3 unspecified atom stereocenters. The second-order valence-electron chi connectivity index (χ2n) is 3.39. The SMILES string of the molecule is COC(=O)C(C)C(C)S(=O)C(C)C. The number of carbonyl (C=O) groups is 1. The van der Waals surface area contributed by atoms with E-state index >= 15 is 0 Å².